The van der Waals surface area contributed by atoms with Gasteiger partial charge in [0.1, 0.15) is 11.7 Å². The van der Waals surface area contributed by atoms with Crippen molar-refractivity contribution in [2.24, 2.45) is 11.8 Å². The number of Topliss-reactive ketones (excluding diaryl/α,β-unsaturated/α-hetero) is 1. The van der Waals surface area contributed by atoms with Gasteiger partial charge in [-0.1, -0.05) is 13.8 Å². The van der Waals surface area contributed by atoms with E-state index in [2.05, 4.69) is 0 Å². The minimum Gasteiger partial charge on any atom is -0.460 e. The monoisotopic (exact) mass is 284 g/mol. The molecule has 0 saturated carbocycles. The first-order chi connectivity index (χ1) is 9.17. The fraction of sp³-hybridized carbons (Fsp3) is 0.875. The van der Waals surface area contributed by atoms with Crippen molar-refractivity contribution in [3.63, 3.8) is 0 Å². The van der Waals surface area contributed by atoms with Crippen LogP contribution in [-0.2, 0) is 19.1 Å². The maximum absolute atomic E-state index is 11.9. The van der Waals surface area contributed by atoms with Crippen LogP contribution < -0.4 is 0 Å². The number of carbonyl (C=O) groups is 2. The molecular formula is C16H28O4. The molecule has 0 bridgehead atoms. The third kappa shape index (κ3) is 6.51. The van der Waals surface area contributed by atoms with Crippen LogP contribution in [0.1, 0.15) is 60.3 Å². The largest absolute Gasteiger partial charge is 0.460 e. The highest BCUT2D eigenvalue weighted by Gasteiger charge is 2.29. The van der Waals surface area contributed by atoms with Crippen LogP contribution in [0, 0.1) is 11.8 Å². The van der Waals surface area contributed by atoms with Gasteiger partial charge in [-0.2, -0.15) is 0 Å². The Kier molecular flexibility index (Phi) is 6.18. The second-order valence-corrected chi connectivity index (χ2v) is 7.12. The Morgan fingerprint density at radius 1 is 1.25 bits per heavy atom. The molecule has 0 aromatic rings. The normalized spacial score (nSPS) is 23.7. The summed E-state index contributed by atoms with van der Waals surface area (Å²) in [4.78, 5) is 23.7. The molecule has 0 N–H and O–H groups in total. The first kappa shape index (κ1) is 17.2. The van der Waals surface area contributed by atoms with Gasteiger partial charge in [0, 0.05) is 6.42 Å². The second-order valence-electron chi connectivity index (χ2n) is 7.12. The summed E-state index contributed by atoms with van der Waals surface area (Å²) in [7, 11) is 0. The number of hydrogen-bond acceptors (Lipinski definition) is 4. The van der Waals surface area contributed by atoms with E-state index in [0.717, 1.165) is 12.8 Å². The Bertz CT molecular complexity index is 333. The Morgan fingerprint density at radius 2 is 1.90 bits per heavy atom. The summed E-state index contributed by atoms with van der Waals surface area (Å²) in [6.07, 6.45) is 2.25. The molecule has 1 rings (SSSR count). The van der Waals surface area contributed by atoms with Crippen molar-refractivity contribution in [3.05, 3.63) is 0 Å². The van der Waals surface area contributed by atoms with E-state index in [0.29, 0.717) is 25.4 Å². The van der Waals surface area contributed by atoms with Gasteiger partial charge in [0.2, 0.25) is 0 Å². The molecule has 0 spiro atoms. The van der Waals surface area contributed by atoms with Gasteiger partial charge in [0.15, 0.2) is 5.78 Å². The van der Waals surface area contributed by atoms with Crippen LogP contribution in [0.15, 0.2) is 0 Å². The molecule has 116 valence electrons. The van der Waals surface area contributed by atoms with E-state index in [1.807, 2.05) is 34.6 Å². The van der Waals surface area contributed by atoms with Gasteiger partial charge < -0.3 is 9.47 Å². The van der Waals surface area contributed by atoms with Crippen molar-refractivity contribution in [1.82, 2.24) is 0 Å². The topological polar surface area (TPSA) is 52.6 Å². The zero-order valence-corrected chi connectivity index (χ0v) is 13.4. The highest BCUT2D eigenvalue weighted by molar-refractivity contribution is 5.83. The summed E-state index contributed by atoms with van der Waals surface area (Å²) in [5, 5.41) is 0. The number of rotatable bonds is 5. The van der Waals surface area contributed by atoms with Crippen LogP contribution in [0.5, 0.6) is 0 Å². The number of ketones is 1. The molecule has 4 heteroatoms. The molecular weight excluding hydrogens is 256 g/mol. The van der Waals surface area contributed by atoms with Crippen molar-refractivity contribution < 1.29 is 19.1 Å². The van der Waals surface area contributed by atoms with E-state index in [9.17, 15) is 9.59 Å². The van der Waals surface area contributed by atoms with E-state index < -0.39 is 5.60 Å². The number of ether oxygens (including phenoxy) is 2. The average Bonchev–Trinajstić information content (AvgIpc) is 2.26. The van der Waals surface area contributed by atoms with Crippen LogP contribution in [0.2, 0.25) is 0 Å². The molecule has 0 radical (unpaired) electrons. The molecule has 1 aliphatic heterocycles. The summed E-state index contributed by atoms with van der Waals surface area (Å²) in [5.74, 6) is 0.548. The maximum Gasteiger partial charge on any atom is 0.306 e. The van der Waals surface area contributed by atoms with Crippen molar-refractivity contribution in [3.8, 4) is 0 Å². The van der Waals surface area contributed by atoms with Gasteiger partial charge in [0.05, 0.1) is 13.0 Å². The molecule has 0 amide bonds. The van der Waals surface area contributed by atoms with Crippen LogP contribution in [0.25, 0.3) is 0 Å². The second kappa shape index (κ2) is 7.21. The lowest BCUT2D eigenvalue weighted by atomic mass is 9.92. The van der Waals surface area contributed by atoms with Crippen molar-refractivity contribution in [1.29, 1.82) is 0 Å². The van der Waals surface area contributed by atoms with Crippen molar-refractivity contribution in [2.45, 2.75) is 72.0 Å². The fourth-order valence-corrected chi connectivity index (χ4v) is 2.37. The smallest absolute Gasteiger partial charge is 0.306 e. The Morgan fingerprint density at radius 3 is 2.35 bits per heavy atom. The first-order valence-electron chi connectivity index (χ1n) is 7.53. The first-order valence-corrected chi connectivity index (χ1v) is 7.53. The van der Waals surface area contributed by atoms with Gasteiger partial charge in [-0.05, 0) is 45.4 Å². The van der Waals surface area contributed by atoms with E-state index in [1.165, 1.54) is 0 Å². The molecule has 0 aromatic heterocycles. The molecule has 2 atom stereocenters. The van der Waals surface area contributed by atoms with Gasteiger partial charge in [-0.25, -0.2) is 0 Å². The SMILES string of the molecule is CC(C)CC(=O)[C@@H]1CC[C@@H](CC(=O)OC(C)(C)C)CO1. The summed E-state index contributed by atoms with van der Waals surface area (Å²) in [5.41, 5.74) is -0.442. The molecule has 4 nitrogen and oxygen atoms in total. The Hall–Kier alpha value is -0.900. The quantitative estimate of drug-likeness (QED) is 0.728. The lowest BCUT2D eigenvalue weighted by Gasteiger charge is -2.29. The molecule has 20 heavy (non-hydrogen) atoms. The number of carbonyl (C=O) groups excluding carboxylic acids is 2. The molecule has 1 heterocycles. The fourth-order valence-electron chi connectivity index (χ4n) is 2.37. The summed E-state index contributed by atoms with van der Waals surface area (Å²) in [6.45, 7) is 10.1. The third-order valence-corrected chi connectivity index (χ3v) is 3.21. The molecule has 1 aliphatic rings. The molecule has 0 aromatic carbocycles. The summed E-state index contributed by atoms with van der Waals surface area (Å²) >= 11 is 0. The predicted molar refractivity (Wildman–Crippen MR) is 77.4 cm³/mol. The van der Waals surface area contributed by atoms with Crippen molar-refractivity contribution >= 4 is 11.8 Å². The zero-order chi connectivity index (χ0) is 15.3. The van der Waals surface area contributed by atoms with Crippen LogP contribution in [0.4, 0.5) is 0 Å². The third-order valence-electron chi connectivity index (χ3n) is 3.21. The summed E-state index contributed by atoms with van der Waals surface area (Å²) in [6, 6.07) is 0. The Balaban J connectivity index is 2.32. The van der Waals surface area contributed by atoms with Gasteiger partial charge in [-0.3, -0.25) is 9.59 Å². The maximum atomic E-state index is 11.9. The highest BCUT2D eigenvalue weighted by atomic mass is 16.6. The average molecular weight is 284 g/mol. The minimum atomic E-state index is -0.442. The van der Waals surface area contributed by atoms with E-state index in [4.69, 9.17) is 9.47 Å². The minimum absolute atomic E-state index is 0.174. The zero-order valence-electron chi connectivity index (χ0n) is 13.4. The van der Waals surface area contributed by atoms with Gasteiger partial charge >= 0.3 is 5.97 Å². The van der Waals surface area contributed by atoms with Crippen LogP contribution >= 0.6 is 0 Å². The standard InChI is InChI=1S/C16H28O4/c1-11(2)8-13(17)14-7-6-12(10-19-14)9-15(18)20-16(3,4)5/h11-12,14H,6-10H2,1-5H3/t12-,14-/m0/s1. The predicted octanol–water partition coefficient (Wildman–Crippen LogP) is 3.13. The highest BCUT2D eigenvalue weighted by Crippen LogP contribution is 2.24. The van der Waals surface area contributed by atoms with Gasteiger partial charge in [-0.15, -0.1) is 0 Å². The van der Waals surface area contributed by atoms with E-state index >= 15 is 0 Å². The number of esters is 1. The van der Waals surface area contributed by atoms with E-state index in [1.54, 1.807) is 0 Å². The Labute approximate surface area is 122 Å². The van der Waals surface area contributed by atoms with Crippen LogP contribution in [-0.4, -0.2) is 30.1 Å². The van der Waals surface area contributed by atoms with Crippen LogP contribution in [0.3, 0.4) is 0 Å². The number of hydrogen-bond donors (Lipinski definition) is 0. The summed E-state index contributed by atoms with van der Waals surface area (Å²) < 4.78 is 10.9. The van der Waals surface area contributed by atoms with Crippen molar-refractivity contribution in [2.75, 3.05) is 6.61 Å². The molecule has 0 unspecified atom stereocenters. The van der Waals surface area contributed by atoms with E-state index in [-0.39, 0.29) is 23.8 Å². The van der Waals surface area contributed by atoms with Gasteiger partial charge in [0.25, 0.3) is 0 Å². The lowest BCUT2D eigenvalue weighted by molar-refractivity contribution is -0.158. The lowest BCUT2D eigenvalue weighted by Crippen LogP contribution is -2.34. The molecule has 1 fully saturated rings. The molecule has 0 aliphatic carbocycles. The molecule has 1 saturated heterocycles.